The summed E-state index contributed by atoms with van der Waals surface area (Å²) in [6.07, 6.45) is -8.36. The van der Waals surface area contributed by atoms with Crippen molar-refractivity contribution in [3.8, 4) is 0 Å². The second-order valence-electron chi connectivity index (χ2n) is 9.51. The van der Waals surface area contributed by atoms with Gasteiger partial charge in [0.2, 0.25) is 0 Å². The molecule has 20 nitrogen and oxygen atoms in total. The highest BCUT2D eigenvalue weighted by Crippen LogP contribution is 2.41. The quantitative estimate of drug-likeness (QED) is 0.0939. The highest BCUT2D eigenvalue weighted by atomic mass is 32.2. The molecule has 45 heavy (non-hydrogen) atoms. The zero-order valence-corrected chi connectivity index (χ0v) is 25.8. The largest absolute Gasteiger partial charge is 0.463 e. The number of esters is 6. The van der Waals surface area contributed by atoms with E-state index >= 15 is 0 Å². The molecule has 10 atom stereocenters. The molecule has 248 valence electrons. The molecule has 0 N–H and O–H groups in total. The van der Waals surface area contributed by atoms with E-state index in [0.717, 1.165) is 41.5 Å². The van der Waals surface area contributed by atoms with Crippen LogP contribution in [0.4, 0.5) is 0 Å². The summed E-state index contributed by atoms with van der Waals surface area (Å²) >= 11 is 0.691. The van der Waals surface area contributed by atoms with Crippen molar-refractivity contribution in [3.63, 3.8) is 0 Å². The van der Waals surface area contributed by atoms with Crippen LogP contribution in [0.3, 0.4) is 0 Å². The van der Waals surface area contributed by atoms with Gasteiger partial charge in [0.15, 0.2) is 0 Å². The molecule has 2 saturated heterocycles. The van der Waals surface area contributed by atoms with E-state index in [1.807, 2.05) is 0 Å². The normalized spacial score (nSPS) is 30.6. The van der Waals surface area contributed by atoms with Crippen LogP contribution < -0.4 is 0 Å². The van der Waals surface area contributed by atoms with Crippen molar-refractivity contribution < 1.29 is 66.7 Å². The van der Waals surface area contributed by atoms with Crippen molar-refractivity contribution in [2.24, 2.45) is 10.2 Å². The smallest absolute Gasteiger partial charge is 0.303 e. The highest BCUT2D eigenvalue weighted by Gasteiger charge is 2.55. The van der Waals surface area contributed by atoms with Gasteiger partial charge in [0.05, 0.1) is 0 Å². The average Bonchev–Trinajstić information content (AvgIpc) is 2.92. The second kappa shape index (κ2) is 17.3. The summed E-state index contributed by atoms with van der Waals surface area (Å²) in [6, 6.07) is -2.88. The molecule has 0 radical (unpaired) electrons. The first-order valence-electron chi connectivity index (χ1n) is 13.2. The fraction of sp³-hybridized carbons (Fsp3) is 0.750. The van der Waals surface area contributed by atoms with Gasteiger partial charge in [-0.05, 0) is 11.1 Å². The predicted octanol–water partition coefficient (Wildman–Crippen LogP) is 1.38. The molecule has 0 amide bonds. The number of hydrogen-bond acceptors (Lipinski definition) is 17. The molecule has 2 rings (SSSR count). The lowest BCUT2D eigenvalue weighted by Crippen LogP contribution is -2.62. The van der Waals surface area contributed by atoms with Crippen molar-refractivity contribution in [2.45, 2.75) is 101 Å². The summed E-state index contributed by atoms with van der Waals surface area (Å²) in [7, 11) is 0. The number of rotatable bonds is 12. The molecule has 2 aliphatic heterocycles. The fourth-order valence-corrected chi connectivity index (χ4v) is 5.92. The van der Waals surface area contributed by atoms with E-state index in [2.05, 4.69) is 20.1 Å². The molecule has 0 spiro atoms. The standard InChI is InChI=1S/C24H32N6O14S/c1-9(31)37-7-15-19(39-11(3)33)17(27-29-25)21(41-13(5)35)23(43-15)45-24-22(42-14(6)36)18(28-30-26)20(40-12(4)34)16(44-24)8-38-10(2)32/h15-24H,7-8H2,1-6H3/t15-,16?,17?,18?,19+,20+,21?,22+,23+,24+/m1/s1. The molecule has 4 unspecified atom stereocenters. The Labute approximate surface area is 259 Å². The lowest BCUT2D eigenvalue weighted by Gasteiger charge is -2.47. The van der Waals surface area contributed by atoms with Gasteiger partial charge in [-0.3, -0.25) is 28.8 Å². The van der Waals surface area contributed by atoms with Gasteiger partial charge in [-0.1, -0.05) is 22.0 Å². The van der Waals surface area contributed by atoms with Gasteiger partial charge < -0.3 is 37.9 Å². The molecule has 0 saturated carbocycles. The monoisotopic (exact) mass is 660 g/mol. The summed E-state index contributed by atoms with van der Waals surface area (Å²) in [5.41, 5.74) is 15.9. The van der Waals surface area contributed by atoms with Crippen LogP contribution >= 0.6 is 11.8 Å². The second-order valence-corrected chi connectivity index (χ2v) is 10.7. The topological polar surface area (TPSA) is 274 Å². The van der Waals surface area contributed by atoms with E-state index in [4.69, 9.17) is 37.9 Å². The Morgan fingerprint density at radius 2 is 0.889 bits per heavy atom. The third kappa shape index (κ3) is 11.0. The maximum Gasteiger partial charge on any atom is 0.303 e. The molecule has 2 heterocycles. The molecule has 0 aromatic rings. The molecule has 0 aromatic heterocycles. The van der Waals surface area contributed by atoms with Crippen LogP contribution in [0.1, 0.15) is 41.5 Å². The van der Waals surface area contributed by atoms with Gasteiger partial charge in [0.1, 0.15) is 72.8 Å². The van der Waals surface area contributed by atoms with Crippen LogP contribution in [0.15, 0.2) is 10.2 Å². The number of azide groups is 2. The van der Waals surface area contributed by atoms with E-state index in [-0.39, 0.29) is 0 Å². The Kier molecular flexibility index (Phi) is 14.2. The Hall–Kier alpha value is -4.29. The van der Waals surface area contributed by atoms with Crippen molar-refractivity contribution in [1.29, 1.82) is 0 Å². The maximum absolute atomic E-state index is 12.2. The van der Waals surface area contributed by atoms with Crippen LogP contribution in [0, 0.1) is 0 Å². The van der Waals surface area contributed by atoms with Crippen molar-refractivity contribution in [2.75, 3.05) is 13.2 Å². The molecule has 0 bridgehead atoms. The molecule has 2 fully saturated rings. The van der Waals surface area contributed by atoms with Crippen molar-refractivity contribution in [1.82, 2.24) is 0 Å². The number of carbonyl (C=O) groups excluding carboxylic acids is 6. The molecular formula is C24H32N6O14S. The zero-order chi connectivity index (χ0) is 33.8. The van der Waals surface area contributed by atoms with Gasteiger partial charge in [-0.25, -0.2) is 0 Å². The Balaban J connectivity index is 2.66. The first kappa shape index (κ1) is 36.9. The minimum absolute atomic E-state index is 0.502. The van der Waals surface area contributed by atoms with Crippen LogP contribution in [-0.2, 0) is 66.7 Å². The van der Waals surface area contributed by atoms with Crippen LogP contribution in [0.25, 0.3) is 20.9 Å². The van der Waals surface area contributed by atoms with Gasteiger partial charge in [-0.2, -0.15) is 0 Å². The minimum Gasteiger partial charge on any atom is -0.463 e. The lowest BCUT2D eigenvalue weighted by atomic mass is 9.97. The summed E-state index contributed by atoms with van der Waals surface area (Å²) in [5, 5.41) is 7.36. The summed E-state index contributed by atoms with van der Waals surface area (Å²) in [6.45, 7) is 5.45. The number of ether oxygens (including phenoxy) is 8. The van der Waals surface area contributed by atoms with E-state index in [9.17, 15) is 39.8 Å². The number of thioether (sulfide) groups is 1. The summed E-state index contributed by atoms with van der Waals surface area (Å²) in [5.74, 6) is -4.81. The van der Waals surface area contributed by atoms with Crippen molar-refractivity contribution >= 4 is 47.6 Å². The maximum atomic E-state index is 12.2. The lowest BCUT2D eigenvalue weighted by molar-refractivity contribution is -0.205. The predicted molar refractivity (Wildman–Crippen MR) is 146 cm³/mol. The van der Waals surface area contributed by atoms with Gasteiger partial charge in [0, 0.05) is 51.4 Å². The Morgan fingerprint density at radius 1 is 0.578 bits per heavy atom. The van der Waals surface area contributed by atoms with Crippen LogP contribution in [0.2, 0.25) is 0 Å². The highest BCUT2D eigenvalue weighted by molar-refractivity contribution is 8.00. The van der Waals surface area contributed by atoms with Crippen LogP contribution in [-0.4, -0.2) is 109 Å². The average molecular weight is 661 g/mol. The zero-order valence-electron chi connectivity index (χ0n) is 25.0. The SMILES string of the molecule is CC(=O)OCC1O[C@@H](S[C@@H]2O[C@H](COC(C)=O)[C@H](OC(C)=O)C(N=[N+]=[N-])C2OC(C)=O)[C@@H](OC(C)=O)C(N=[N+]=[N-])[C@H]1OC(C)=O. The molecule has 0 aliphatic carbocycles. The molecule has 21 heteroatoms. The van der Waals surface area contributed by atoms with Gasteiger partial charge in [0.25, 0.3) is 0 Å². The molecular weight excluding hydrogens is 628 g/mol. The van der Waals surface area contributed by atoms with Crippen LogP contribution in [0.5, 0.6) is 0 Å². The number of carbonyl (C=O) groups is 6. The molecule has 0 aromatic carbocycles. The van der Waals surface area contributed by atoms with Gasteiger partial charge >= 0.3 is 35.8 Å². The van der Waals surface area contributed by atoms with E-state index in [1.165, 1.54) is 0 Å². The first-order chi connectivity index (χ1) is 21.2. The minimum atomic E-state index is -1.49. The van der Waals surface area contributed by atoms with E-state index < -0.39 is 109 Å². The Morgan fingerprint density at radius 3 is 1.16 bits per heavy atom. The van der Waals surface area contributed by atoms with E-state index in [1.54, 1.807) is 0 Å². The number of nitrogens with zero attached hydrogens (tertiary/aromatic N) is 6. The fourth-order valence-electron chi connectivity index (χ4n) is 4.50. The van der Waals surface area contributed by atoms with Crippen molar-refractivity contribution in [3.05, 3.63) is 20.9 Å². The number of hydrogen-bond donors (Lipinski definition) is 0. The summed E-state index contributed by atoms with van der Waals surface area (Å²) in [4.78, 5) is 77.0. The Bertz CT molecular complexity index is 1150. The third-order valence-electron chi connectivity index (χ3n) is 5.98. The molecule has 2 aliphatic rings. The van der Waals surface area contributed by atoms with Gasteiger partial charge in [-0.15, -0.1) is 0 Å². The third-order valence-corrected chi connectivity index (χ3v) is 7.28. The summed E-state index contributed by atoms with van der Waals surface area (Å²) < 4.78 is 43.8. The first-order valence-corrected chi connectivity index (χ1v) is 14.1. The van der Waals surface area contributed by atoms with E-state index in [0.29, 0.717) is 11.8 Å².